The van der Waals surface area contributed by atoms with Gasteiger partial charge in [0.2, 0.25) is 15.9 Å². The number of piperazine rings is 1. The van der Waals surface area contributed by atoms with Crippen LogP contribution in [0.15, 0.2) is 70.6 Å². The lowest BCUT2D eigenvalue weighted by molar-refractivity contribution is -0.123. The maximum atomic E-state index is 14.5. The van der Waals surface area contributed by atoms with E-state index < -0.39 is 34.2 Å². The molecule has 0 radical (unpaired) electrons. The van der Waals surface area contributed by atoms with Gasteiger partial charge in [-0.25, -0.2) is 17.9 Å². The molecule has 1 fully saturated rings. The van der Waals surface area contributed by atoms with Crippen LogP contribution >= 0.6 is 34.8 Å². The normalized spacial score (nSPS) is 18.6. The molecule has 0 spiro atoms. The van der Waals surface area contributed by atoms with Gasteiger partial charge in [0.15, 0.2) is 0 Å². The summed E-state index contributed by atoms with van der Waals surface area (Å²) in [5, 5.41) is 3.73. The minimum atomic E-state index is -4.07. The number of urea groups is 1. The van der Waals surface area contributed by atoms with Gasteiger partial charge in [-0.3, -0.25) is 14.7 Å². The van der Waals surface area contributed by atoms with Gasteiger partial charge in [-0.1, -0.05) is 59.1 Å². The van der Waals surface area contributed by atoms with E-state index in [1.165, 1.54) is 21.9 Å². The van der Waals surface area contributed by atoms with Gasteiger partial charge in [0.1, 0.15) is 29.1 Å². The van der Waals surface area contributed by atoms with Crippen LogP contribution in [0.2, 0.25) is 15.1 Å². The van der Waals surface area contributed by atoms with Crippen LogP contribution in [0.25, 0.3) is 0 Å². The molecule has 2 aliphatic rings. The summed E-state index contributed by atoms with van der Waals surface area (Å²) in [6.07, 6.45) is 0. The molecule has 1 saturated heterocycles. The van der Waals surface area contributed by atoms with Crippen LogP contribution in [-0.2, 0) is 14.8 Å². The van der Waals surface area contributed by atoms with Crippen molar-refractivity contribution in [3.8, 4) is 5.75 Å². The summed E-state index contributed by atoms with van der Waals surface area (Å²) in [5.41, 5.74) is 1.72. The smallest absolute Gasteiger partial charge is 0.326 e. The van der Waals surface area contributed by atoms with Crippen molar-refractivity contribution >= 4 is 62.6 Å². The zero-order valence-corrected chi connectivity index (χ0v) is 27.8. The van der Waals surface area contributed by atoms with E-state index in [0.29, 0.717) is 15.6 Å². The van der Waals surface area contributed by atoms with Gasteiger partial charge in [-0.15, -0.1) is 0 Å². The van der Waals surface area contributed by atoms with Crippen molar-refractivity contribution in [2.24, 2.45) is 4.99 Å². The Morgan fingerprint density at radius 3 is 2.24 bits per heavy atom. The highest BCUT2D eigenvalue weighted by molar-refractivity contribution is 7.89. The maximum Gasteiger partial charge on any atom is 0.326 e. The van der Waals surface area contributed by atoms with Crippen molar-refractivity contribution in [2.45, 2.75) is 43.8 Å². The molecule has 2 heterocycles. The second-order valence-electron chi connectivity index (χ2n) is 10.9. The molecule has 45 heavy (non-hydrogen) atoms. The number of ether oxygens (including phenoxy) is 1. The number of benzene rings is 3. The molecule has 0 bridgehead atoms. The molecular weight excluding hydrogens is 661 g/mol. The molecule has 2 unspecified atom stereocenters. The van der Waals surface area contributed by atoms with Gasteiger partial charge in [0, 0.05) is 35.2 Å². The second-order valence-corrected chi connectivity index (χ2v) is 13.8. The van der Waals surface area contributed by atoms with Crippen molar-refractivity contribution < 1.29 is 22.7 Å². The van der Waals surface area contributed by atoms with Gasteiger partial charge < -0.3 is 15.0 Å². The second kappa shape index (κ2) is 13.6. The summed E-state index contributed by atoms with van der Waals surface area (Å²) in [5.74, 6) is 0.108. The minimum Gasteiger partial charge on any atom is -0.493 e. The van der Waals surface area contributed by atoms with Crippen molar-refractivity contribution in [2.75, 3.05) is 26.2 Å². The van der Waals surface area contributed by atoms with Crippen molar-refractivity contribution in [3.05, 3.63) is 92.4 Å². The molecule has 2 N–H and O–H groups in total. The Hall–Kier alpha value is -3.35. The Bertz CT molecular complexity index is 1730. The van der Waals surface area contributed by atoms with Crippen LogP contribution in [0.4, 0.5) is 4.79 Å². The third-order valence-corrected chi connectivity index (χ3v) is 9.89. The van der Waals surface area contributed by atoms with E-state index in [2.05, 4.69) is 10.0 Å². The summed E-state index contributed by atoms with van der Waals surface area (Å²) >= 11 is 19.0. The SMILES string of the molecule is CCOc1cc(Cl)c(S(=O)(=O)NC(C)C)cc1C1=NC(c2ccc(Cl)cc2)C(c2ccc(Cl)cc2)N1C(=O)N1CCNC(=O)C1. The predicted octanol–water partition coefficient (Wildman–Crippen LogP) is 5.83. The lowest BCUT2D eigenvalue weighted by Gasteiger charge is -2.36. The van der Waals surface area contributed by atoms with Gasteiger partial charge >= 0.3 is 6.03 Å². The van der Waals surface area contributed by atoms with Gasteiger partial charge in [-0.2, -0.15) is 0 Å². The fourth-order valence-corrected chi connectivity index (χ4v) is 7.42. The number of amidine groups is 1. The first-order chi connectivity index (χ1) is 21.4. The Balaban J connectivity index is 1.77. The Labute approximate surface area is 277 Å². The third-order valence-electron chi connectivity index (χ3n) is 7.26. The molecular formula is C31H32Cl3N5O5S. The highest BCUT2D eigenvalue weighted by Crippen LogP contribution is 2.46. The van der Waals surface area contributed by atoms with Crippen molar-refractivity contribution in [1.82, 2.24) is 19.8 Å². The number of nitrogens with zero attached hydrogens (tertiary/aromatic N) is 3. The minimum absolute atomic E-state index is 0.0528. The van der Waals surface area contributed by atoms with E-state index in [9.17, 15) is 18.0 Å². The monoisotopic (exact) mass is 691 g/mol. The molecule has 14 heteroatoms. The third kappa shape index (κ3) is 7.07. The number of sulfonamides is 1. The molecule has 238 valence electrons. The molecule has 0 saturated carbocycles. The van der Waals surface area contributed by atoms with E-state index in [1.54, 1.807) is 45.0 Å². The van der Waals surface area contributed by atoms with Gasteiger partial charge in [-0.05, 0) is 62.2 Å². The van der Waals surface area contributed by atoms with Crippen LogP contribution in [-0.4, -0.2) is 68.3 Å². The number of amides is 3. The van der Waals surface area contributed by atoms with Crippen molar-refractivity contribution in [3.63, 3.8) is 0 Å². The molecule has 3 aromatic carbocycles. The summed E-state index contributed by atoms with van der Waals surface area (Å²) in [4.78, 5) is 34.7. The largest absolute Gasteiger partial charge is 0.493 e. The number of carbonyl (C=O) groups is 2. The Kier molecular flexibility index (Phi) is 9.95. The molecule has 3 aromatic rings. The summed E-state index contributed by atoms with van der Waals surface area (Å²) in [7, 11) is -4.07. The standard InChI is InChI=1S/C31H32Cl3N5O5S/c1-4-44-25-16-24(34)26(45(42,43)37-18(2)3)15-23(25)30-36-28(19-5-9-21(32)10-6-19)29(20-7-11-22(33)12-8-20)39(30)31(41)38-14-13-35-27(40)17-38/h5-12,15-16,18,28-29,37H,4,13-14,17H2,1-3H3,(H,35,40). The first-order valence-corrected chi connectivity index (χ1v) is 16.9. The zero-order valence-electron chi connectivity index (χ0n) is 24.8. The number of carbonyl (C=O) groups excluding carboxylic acids is 2. The van der Waals surface area contributed by atoms with Crippen LogP contribution < -0.4 is 14.8 Å². The lowest BCUT2D eigenvalue weighted by Crippen LogP contribution is -2.55. The van der Waals surface area contributed by atoms with Crippen LogP contribution in [0, 0.1) is 0 Å². The molecule has 5 rings (SSSR count). The van der Waals surface area contributed by atoms with E-state index in [-0.39, 0.29) is 59.2 Å². The van der Waals surface area contributed by atoms with Crippen LogP contribution in [0.3, 0.4) is 0 Å². The molecule has 2 atom stereocenters. The van der Waals surface area contributed by atoms with E-state index >= 15 is 0 Å². The van der Waals surface area contributed by atoms with Crippen molar-refractivity contribution in [1.29, 1.82) is 0 Å². The molecule has 2 aliphatic heterocycles. The number of hydrogen-bond acceptors (Lipinski definition) is 6. The van der Waals surface area contributed by atoms with E-state index in [1.807, 2.05) is 24.3 Å². The number of halogens is 3. The number of nitrogens with one attached hydrogen (secondary N) is 2. The van der Waals surface area contributed by atoms with Crippen LogP contribution in [0.1, 0.15) is 49.5 Å². The predicted molar refractivity (Wildman–Crippen MR) is 175 cm³/mol. The topological polar surface area (TPSA) is 120 Å². The maximum absolute atomic E-state index is 14.5. The Morgan fingerprint density at radius 2 is 1.67 bits per heavy atom. The highest BCUT2D eigenvalue weighted by atomic mass is 35.5. The first kappa shape index (κ1) is 33.0. The van der Waals surface area contributed by atoms with Crippen LogP contribution in [0.5, 0.6) is 5.75 Å². The highest BCUT2D eigenvalue weighted by Gasteiger charge is 2.45. The zero-order chi connectivity index (χ0) is 32.5. The molecule has 0 aliphatic carbocycles. The molecule has 0 aromatic heterocycles. The summed E-state index contributed by atoms with van der Waals surface area (Å²) in [6, 6.07) is 14.7. The Morgan fingerprint density at radius 1 is 1.04 bits per heavy atom. The summed E-state index contributed by atoms with van der Waals surface area (Å²) < 4.78 is 35.3. The van der Waals surface area contributed by atoms with E-state index in [0.717, 1.165) is 5.56 Å². The van der Waals surface area contributed by atoms with Gasteiger partial charge in [0.05, 0.1) is 23.2 Å². The average molecular weight is 693 g/mol. The van der Waals surface area contributed by atoms with Gasteiger partial charge in [0.25, 0.3) is 0 Å². The fraction of sp³-hybridized carbons (Fsp3) is 0.323. The average Bonchev–Trinajstić information content (AvgIpc) is 3.37. The number of aliphatic imine (C=N–C) groups is 1. The lowest BCUT2D eigenvalue weighted by atomic mass is 9.93. The van der Waals surface area contributed by atoms with E-state index in [4.69, 9.17) is 44.5 Å². The summed E-state index contributed by atoms with van der Waals surface area (Å²) in [6.45, 7) is 5.80. The quantitative estimate of drug-likeness (QED) is 0.308. The first-order valence-electron chi connectivity index (χ1n) is 14.3. The fourth-order valence-electron chi connectivity index (χ4n) is 5.37. The number of rotatable bonds is 8. The molecule has 3 amide bonds. The number of hydrogen-bond donors (Lipinski definition) is 2. The molecule has 10 nitrogen and oxygen atoms in total.